The first-order valence-electron chi connectivity index (χ1n) is 8.58. The fraction of sp³-hybridized carbons (Fsp3) is 0.300. The van der Waals surface area contributed by atoms with Crippen molar-refractivity contribution in [2.24, 2.45) is 0 Å². The van der Waals surface area contributed by atoms with Crippen molar-refractivity contribution < 1.29 is 14.0 Å². The van der Waals surface area contributed by atoms with Crippen molar-refractivity contribution in [1.82, 2.24) is 10.2 Å². The van der Waals surface area contributed by atoms with E-state index in [1.807, 2.05) is 0 Å². The van der Waals surface area contributed by atoms with Crippen molar-refractivity contribution in [2.45, 2.75) is 32.9 Å². The third-order valence-electron chi connectivity index (χ3n) is 4.17. The second kappa shape index (κ2) is 9.72. The summed E-state index contributed by atoms with van der Waals surface area (Å²) in [7, 11) is 0. The van der Waals surface area contributed by atoms with Crippen LogP contribution in [0.5, 0.6) is 0 Å². The second-order valence-corrected chi connectivity index (χ2v) is 6.94. The molecule has 2 rings (SSSR count). The number of carbonyl (C=O) groups is 2. The normalized spacial score (nSPS) is 11.7. The van der Waals surface area contributed by atoms with Crippen LogP contribution in [0.4, 0.5) is 4.39 Å². The number of carbonyl (C=O) groups excluding carboxylic acids is 2. The van der Waals surface area contributed by atoms with Crippen LogP contribution in [0.15, 0.2) is 42.5 Å². The standard InChI is InChI=1S/C20H21Cl2FN2O2/c1-3-24-20(27)13(2)25(12-15-8-9-16(21)11-17(15)22)19(26)10-14-6-4-5-7-18(14)23/h4-9,11,13H,3,10,12H2,1-2H3,(H,24,27)/t13-/m0/s1. The maximum atomic E-state index is 13.9. The Morgan fingerprint density at radius 2 is 1.85 bits per heavy atom. The number of hydrogen-bond acceptors (Lipinski definition) is 2. The van der Waals surface area contributed by atoms with Gasteiger partial charge in [0.15, 0.2) is 0 Å². The van der Waals surface area contributed by atoms with Gasteiger partial charge in [-0.2, -0.15) is 0 Å². The molecule has 0 aliphatic heterocycles. The first-order chi connectivity index (χ1) is 12.8. The average molecular weight is 411 g/mol. The zero-order valence-corrected chi connectivity index (χ0v) is 16.6. The van der Waals surface area contributed by atoms with E-state index in [9.17, 15) is 14.0 Å². The van der Waals surface area contributed by atoms with Crippen molar-refractivity contribution in [3.05, 3.63) is 69.5 Å². The van der Waals surface area contributed by atoms with E-state index in [1.54, 1.807) is 50.2 Å². The van der Waals surface area contributed by atoms with Crippen LogP contribution >= 0.6 is 23.2 Å². The van der Waals surface area contributed by atoms with Crippen LogP contribution < -0.4 is 5.32 Å². The van der Waals surface area contributed by atoms with E-state index in [0.717, 1.165) is 0 Å². The highest BCUT2D eigenvalue weighted by Crippen LogP contribution is 2.23. The average Bonchev–Trinajstić information content (AvgIpc) is 2.62. The van der Waals surface area contributed by atoms with E-state index in [0.29, 0.717) is 22.2 Å². The lowest BCUT2D eigenvalue weighted by Crippen LogP contribution is -2.48. The van der Waals surface area contributed by atoms with E-state index in [1.165, 1.54) is 11.0 Å². The van der Waals surface area contributed by atoms with Gasteiger partial charge in [-0.3, -0.25) is 9.59 Å². The molecule has 0 radical (unpaired) electrons. The molecule has 7 heteroatoms. The number of likely N-dealkylation sites (N-methyl/N-ethyl adjacent to an activating group) is 1. The number of amides is 2. The molecule has 144 valence electrons. The highest BCUT2D eigenvalue weighted by Gasteiger charge is 2.27. The zero-order chi connectivity index (χ0) is 20.0. The van der Waals surface area contributed by atoms with Crippen molar-refractivity contribution in [1.29, 1.82) is 0 Å². The van der Waals surface area contributed by atoms with E-state index < -0.39 is 11.9 Å². The summed E-state index contributed by atoms with van der Waals surface area (Å²) < 4.78 is 13.9. The number of rotatable bonds is 7. The van der Waals surface area contributed by atoms with E-state index in [2.05, 4.69) is 5.32 Å². The number of benzene rings is 2. The third-order valence-corrected chi connectivity index (χ3v) is 4.76. The fourth-order valence-electron chi connectivity index (χ4n) is 2.64. The Kier molecular flexibility index (Phi) is 7.63. The van der Waals surface area contributed by atoms with Gasteiger partial charge in [0.2, 0.25) is 11.8 Å². The first kappa shape index (κ1) is 21.2. The molecule has 0 heterocycles. The highest BCUT2D eigenvalue weighted by atomic mass is 35.5. The summed E-state index contributed by atoms with van der Waals surface area (Å²) >= 11 is 12.2. The van der Waals surface area contributed by atoms with Crippen LogP contribution in [0.1, 0.15) is 25.0 Å². The number of nitrogens with one attached hydrogen (secondary N) is 1. The molecular weight excluding hydrogens is 390 g/mol. The Morgan fingerprint density at radius 1 is 1.15 bits per heavy atom. The molecule has 0 saturated heterocycles. The van der Waals surface area contributed by atoms with Gasteiger partial charge in [0, 0.05) is 23.1 Å². The van der Waals surface area contributed by atoms with Gasteiger partial charge in [-0.05, 0) is 43.2 Å². The molecule has 27 heavy (non-hydrogen) atoms. The first-order valence-corrected chi connectivity index (χ1v) is 9.33. The molecule has 2 aromatic rings. The Hall–Kier alpha value is -2.11. The van der Waals surface area contributed by atoms with E-state index >= 15 is 0 Å². The minimum atomic E-state index is -0.740. The lowest BCUT2D eigenvalue weighted by molar-refractivity contribution is -0.140. The van der Waals surface area contributed by atoms with Crippen molar-refractivity contribution in [3.8, 4) is 0 Å². The van der Waals surface area contributed by atoms with Gasteiger partial charge in [-0.25, -0.2) is 4.39 Å². The maximum Gasteiger partial charge on any atom is 0.242 e. The molecule has 0 bridgehead atoms. The summed E-state index contributed by atoms with van der Waals surface area (Å²) in [6, 6.07) is 10.3. The largest absolute Gasteiger partial charge is 0.355 e. The molecule has 0 spiro atoms. The van der Waals surface area contributed by atoms with Crippen LogP contribution in [0.25, 0.3) is 0 Å². The van der Waals surface area contributed by atoms with Gasteiger partial charge in [0.05, 0.1) is 6.42 Å². The minimum absolute atomic E-state index is 0.113. The van der Waals surface area contributed by atoms with Crippen LogP contribution in [-0.4, -0.2) is 29.3 Å². The van der Waals surface area contributed by atoms with Crippen LogP contribution in [0, 0.1) is 5.82 Å². The number of hydrogen-bond donors (Lipinski definition) is 1. The van der Waals surface area contributed by atoms with Crippen LogP contribution in [0.2, 0.25) is 10.0 Å². The van der Waals surface area contributed by atoms with Gasteiger partial charge in [0.25, 0.3) is 0 Å². The maximum absolute atomic E-state index is 13.9. The number of nitrogens with zero attached hydrogens (tertiary/aromatic N) is 1. The number of halogens is 3. The second-order valence-electron chi connectivity index (χ2n) is 6.10. The zero-order valence-electron chi connectivity index (χ0n) is 15.1. The van der Waals surface area contributed by atoms with Crippen molar-refractivity contribution in [2.75, 3.05) is 6.54 Å². The minimum Gasteiger partial charge on any atom is -0.355 e. The van der Waals surface area contributed by atoms with Gasteiger partial charge in [-0.15, -0.1) is 0 Å². The molecular formula is C20H21Cl2FN2O2. The van der Waals surface area contributed by atoms with E-state index in [4.69, 9.17) is 23.2 Å². The van der Waals surface area contributed by atoms with Gasteiger partial charge < -0.3 is 10.2 Å². The summed E-state index contributed by atoms with van der Waals surface area (Å²) in [5.74, 6) is -1.12. The van der Waals surface area contributed by atoms with Gasteiger partial charge in [0.1, 0.15) is 11.9 Å². The summed E-state index contributed by atoms with van der Waals surface area (Å²) in [6.07, 6.45) is -0.151. The molecule has 0 saturated carbocycles. The Labute approximate surface area is 168 Å². The lowest BCUT2D eigenvalue weighted by atomic mass is 10.1. The van der Waals surface area contributed by atoms with Crippen LogP contribution in [-0.2, 0) is 22.6 Å². The molecule has 1 N–H and O–H groups in total. The van der Waals surface area contributed by atoms with Crippen LogP contribution in [0.3, 0.4) is 0 Å². The predicted octanol–water partition coefficient (Wildman–Crippen LogP) is 4.23. The van der Waals surface area contributed by atoms with E-state index in [-0.39, 0.29) is 30.3 Å². The summed E-state index contributed by atoms with van der Waals surface area (Å²) in [5, 5.41) is 3.58. The van der Waals surface area contributed by atoms with Gasteiger partial charge >= 0.3 is 0 Å². The van der Waals surface area contributed by atoms with Crippen molar-refractivity contribution in [3.63, 3.8) is 0 Å². The Morgan fingerprint density at radius 3 is 2.48 bits per heavy atom. The monoisotopic (exact) mass is 410 g/mol. The molecule has 0 aromatic heterocycles. The third kappa shape index (κ3) is 5.68. The summed E-state index contributed by atoms with van der Waals surface area (Å²) in [4.78, 5) is 26.6. The molecule has 4 nitrogen and oxygen atoms in total. The predicted molar refractivity (Wildman–Crippen MR) is 105 cm³/mol. The molecule has 0 unspecified atom stereocenters. The molecule has 0 fully saturated rings. The molecule has 0 aliphatic carbocycles. The Bertz CT molecular complexity index is 829. The molecule has 1 atom stereocenters. The smallest absolute Gasteiger partial charge is 0.242 e. The highest BCUT2D eigenvalue weighted by molar-refractivity contribution is 6.35. The SMILES string of the molecule is CCNC(=O)[C@H](C)N(Cc1ccc(Cl)cc1Cl)C(=O)Cc1ccccc1F. The lowest BCUT2D eigenvalue weighted by Gasteiger charge is -2.29. The Balaban J connectivity index is 2.29. The molecule has 2 amide bonds. The molecule has 2 aromatic carbocycles. The summed E-state index contributed by atoms with van der Waals surface area (Å²) in [6.45, 7) is 3.99. The van der Waals surface area contributed by atoms with Gasteiger partial charge in [-0.1, -0.05) is 47.5 Å². The fourth-order valence-corrected chi connectivity index (χ4v) is 3.11. The quantitative estimate of drug-likeness (QED) is 0.742. The summed E-state index contributed by atoms with van der Waals surface area (Å²) in [5.41, 5.74) is 0.928. The topological polar surface area (TPSA) is 49.4 Å². The van der Waals surface area contributed by atoms with Crippen molar-refractivity contribution >= 4 is 35.0 Å². The molecule has 0 aliphatic rings.